The molecule has 0 atom stereocenters. The second-order valence-electron chi connectivity index (χ2n) is 8.08. The minimum Gasteiger partial charge on any atom is -0.454 e. The summed E-state index contributed by atoms with van der Waals surface area (Å²) in [5.41, 5.74) is 6.16. The number of benzene rings is 2. The lowest BCUT2D eigenvalue weighted by Gasteiger charge is -2.28. The molecule has 2 aliphatic rings. The highest BCUT2D eigenvalue weighted by Crippen LogP contribution is 2.37. The van der Waals surface area contributed by atoms with E-state index in [-0.39, 0.29) is 6.79 Å². The number of rotatable bonds is 4. The van der Waals surface area contributed by atoms with Crippen LogP contribution in [0.15, 0.2) is 60.8 Å². The lowest BCUT2D eigenvalue weighted by molar-refractivity contribution is 0.122. The smallest absolute Gasteiger partial charge is 0.231 e. The van der Waals surface area contributed by atoms with Crippen molar-refractivity contribution in [3.05, 3.63) is 66.4 Å². The van der Waals surface area contributed by atoms with Gasteiger partial charge in [-0.1, -0.05) is 18.2 Å². The molecule has 32 heavy (non-hydrogen) atoms. The molecule has 1 N–H and O–H groups in total. The molecule has 7 heteroatoms. The van der Waals surface area contributed by atoms with Gasteiger partial charge in [0.2, 0.25) is 6.79 Å². The number of hydrogen-bond acceptors (Lipinski definition) is 6. The van der Waals surface area contributed by atoms with Gasteiger partial charge in [0.25, 0.3) is 0 Å². The Bertz CT molecular complexity index is 1280. The zero-order valence-corrected chi connectivity index (χ0v) is 17.9. The largest absolute Gasteiger partial charge is 0.454 e. The number of pyridine rings is 1. The molecule has 1 fully saturated rings. The van der Waals surface area contributed by atoms with Crippen LogP contribution in [0.25, 0.3) is 16.9 Å². The molecule has 0 bridgehead atoms. The fourth-order valence-corrected chi connectivity index (χ4v) is 4.23. The van der Waals surface area contributed by atoms with E-state index >= 15 is 0 Å². The van der Waals surface area contributed by atoms with Gasteiger partial charge in [0, 0.05) is 42.3 Å². The molecule has 2 aliphatic heterocycles. The number of nitrogens with one attached hydrogen (secondary N) is 1. The van der Waals surface area contributed by atoms with E-state index in [1.54, 1.807) is 0 Å². The van der Waals surface area contributed by atoms with Crippen LogP contribution >= 0.6 is 0 Å². The standard InChI is InChI=1S/C25H24N4O3/c1-17-2-9-23-27-24(18-3-6-20(7-4-18)28-10-12-30-13-11-28)25(29(23)15-17)26-19-5-8-21-22(14-19)32-16-31-21/h2-9,14-15,26H,10-13,16H2,1H3. The van der Waals surface area contributed by atoms with Crippen molar-refractivity contribution in [2.24, 2.45) is 0 Å². The van der Waals surface area contributed by atoms with Gasteiger partial charge in [0.05, 0.1) is 13.2 Å². The highest BCUT2D eigenvalue weighted by molar-refractivity contribution is 5.81. The van der Waals surface area contributed by atoms with Gasteiger partial charge in [0.1, 0.15) is 17.2 Å². The van der Waals surface area contributed by atoms with Crippen LogP contribution in [0.5, 0.6) is 11.5 Å². The van der Waals surface area contributed by atoms with Crippen molar-refractivity contribution in [1.82, 2.24) is 9.38 Å². The summed E-state index contributed by atoms with van der Waals surface area (Å²) in [6, 6.07) is 18.6. The highest BCUT2D eigenvalue weighted by atomic mass is 16.7. The first-order valence-electron chi connectivity index (χ1n) is 10.8. The molecule has 7 nitrogen and oxygen atoms in total. The monoisotopic (exact) mass is 428 g/mol. The average molecular weight is 428 g/mol. The first kappa shape index (κ1) is 19.0. The minimum absolute atomic E-state index is 0.258. The van der Waals surface area contributed by atoms with Crippen LogP contribution in [0.2, 0.25) is 0 Å². The van der Waals surface area contributed by atoms with E-state index in [1.165, 1.54) is 5.69 Å². The number of hydrogen-bond donors (Lipinski definition) is 1. The van der Waals surface area contributed by atoms with Crippen molar-refractivity contribution in [2.45, 2.75) is 6.92 Å². The van der Waals surface area contributed by atoms with E-state index in [1.807, 2.05) is 24.3 Å². The third kappa shape index (κ3) is 3.40. The topological polar surface area (TPSA) is 60.3 Å². The summed E-state index contributed by atoms with van der Waals surface area (Å²) in [6.07, 6.45) is 2.10. The zero-order valence-electron chi connectivity index (χ0n) is 17.9. The zero-order chi connectivity index (χ0) is 21.5. The van der Waals surface area contributed by atoms with Gasteiger partial charge in [-0.2, -0.15) is 0 Å². The molecular formula is C25H24N4O3. The second kappa shape index (κ2) is 7.76. The van der Waals surface area contributed by atoms with Crippen LogP contribution < -0.4 is 19.7 Å². The molecule has 0 spiro atoms. The highest BCUT2D eigenvalue weighted by Gasteiger charge is 2.18. The summed E-state index contributed by atoms with van der Waals surface area (Å²) >= 11 is 0. The molecule has 0 amide bonds. The van der Waals surface area contributed by atoms with E-state index in [2.05, 4.69) is 58.1 Å². The number of ether oxygens (including phenoxy) is 3. The van der Waals surface area contributed by atoms with E-state index in [4.69, 9.17) is 19.2 Å². The van der Waals surface area contributed by atoms with Crippen molar-refractivity contribution >= 4 is 22.8 Å². The van der Waals surface area contributed by atoms with Crippen molar-refractivity contribution in [1.29, 1.82) is 0 Å². The Morgan fingerprint density at radius 3 is 2.56 bits per heavy atom. The molecule has 0 unspecified atom stereocenters. The molecule has 6 rings (SSSR count). The van der Waals surface area contributed by atoms with Gasteiger partial charge in [0.15, 0.2) is 11.5 Å². The Labute approximate surface area is 186 Å². The van der Waals surface area contributed by atoms with Gasteiger partial charge in [-0.05, 0) is 42.8 Å². The molecule has 0 radical (unpaired) electrons. The van der Waals surface area contributed by atoms with Crippen LogP contribution in [0.1, 0.15) is 5.56 Å². The summed E-state index contributed by atoms with van der Waals surface area (Å²) in [5.74, 6) is 2.43. The summed E-state index contributed by atoms with van der Waals surface area (Å²) in [4.78, 5) is 7.30. The van der Waals surface area contributed by atoms with E-state index < -0.39 is 0 Å². The van der Waals surface area contributed by atoms with Gasteiger partial charge in [-0.25, -0.2) is 4.98 Å². The van der Waals surface area contributed by atoms with Crippen LogP contribution in [-0.2, 0) is 4.74 Å². The van der Waals surface area contributed by atoms with Gasteiger partial charge in [-0.15, -0.1) is 0 Å². The predicted octanol–water partition coefficient (Wildman–Crippen LogP) is 4.62. The third-order valence-corrected chi connectivity index (χ3v) is 5.92. The van der Waals surface area contributed by atoms with Crippen LogP contribution in [0, 0.1) is 6.92 Å². The fourth-order valence-electron chi connectivity index (χ4n) is 4.23. The number of nitrogens with zero attached hydrogens (tertiary/aromatic N) is 3. The quantitative estimate of drug-likeness (QED) is 0.512. The Hall–Kier alpha value is -3.71. The van der Waals surface area contributed by atoms with Gasteiger partial charge < -0.3 is 24.4 Å². The number of aromatic nitrogens is 2. The molecule has 2 aromatic carbocycles. The molecule has 0 aliphatic carbocycles. The summed E-state index contributed by atoms with van der Waals surface area (Å²) in [7, 11) is 0. The summed E-state index contributed by atoms with van der Waals surface area (Å²) < 4.78 is 18.6. The summed E-state index contributed by atoms with van der Waals surface area (Å²) in [5, 5.41) is 3.57. The average Bonchev–Trinajstić information content (AvgIpc) is 3.44. The Morgan fingerprint density at radius 2 is 1.72 bits per heavy atom. The lowest BCUT2D eigenvalue weighted by atomic mass is 10.1. The molecule has 4 aromatic rings. The number of morpholine rings is 1. The molecule has 1 saturated heterocycles. The second-order valence-corrected chi connectivity index (χ2v) is 8.08. The minimum atomic E-state index is 0.258. The maximum Gasteiger partial charge on any atom is 0.231 e. The van der Waals surface area contributed by atoms with Crippen LogP contribution in [0.4, 0.5) is 17.2 Å². The number of imidazole rings is 1. The number of aryl methyl sites for hydroxylation is 1. The maximum atomic E-state index is 5.55. The van der Waals surface area contributed by atoms with E-state index in [9.17, 15) is 0 Å². The first-order valence-corrected chi connectivity index (χ1v) is 10.8. The van der Waals surface area contributed by atoms with Crippen LogP contribution in [0.3, 0.4) is 0 Å². The van der Waals surface area contributed by atoms with Crippen molar-refractivity contribution in [3.8, 4) is 22.8 Å². The van der Waals surface area contributed by atoms with Gasteiger partial charge >= 0.3 is 0 Å². The lowest BCUT2D eigenvalue weighted by Crippen LogP contribution is -2.36. The third-order valence-electron chi connectivity index (χ3n) is 5.92. The van der Waals surface area contributed by atoms with Crippen LogP contribution in [-0.4, -0.2) is 42.5 Å². The first-order chi connectivity index (χ1) is 15.7. The number of fused-ring (bicyclic) bond motifs is 2. The summed E-state index contributed by atoms with van der Waals surface area (Å²) in [6.45, 7) is 5.73. The predicted molar refractivity (Wildman–Crippen MR) is 124 cm³/mol. The molecule has 2 aromatic heterocycles. The van der Waals surface area contributed by atoms with E-state index in [0.717, 1.165) is 71.8 Å². The maximum absolute atomic E-state index is 5.55. The molecule has 162 valence electrons. The number of anilines is 3. The Balaban J connectivity index is 1.40. The van der Waals surface area contributed by atoms with Crippen molar-refractivity contribution < 1.29 is 14.2 Å². The molecule has 4 heterocycles. The molecular weight excluding hydrogens is 404 g/mol. The Kier molecular flexibility index (Phi) is 4.61. The Morgan fingerprint density at radius 1 is 0.906 bits per heavy atom. The van der Waals surface area contributed by atoms with Gasteiger partial charge in [-0.3, -0.25) is 4.40 Å². The van der Waals surface area contributed by atoms with Crippen molar-refractivity contribution in [3.63, 3.8) is 0 Å². The van der Waals surface area contributed by atoms with Crippen molar-refractivity contribution in [2.75, 3.05) is 43.3 Å². The SMILES string of the molecule is Cc1ccc2nc(-c3ccc(N4CCOCC4)cc3)c(Nc3ccc4c(c3)OCO4)n2c1. The molecule has 0 saturated carbocycles. The fraction of sp³-hybridized carbons (Fsp3) is 0.240. The van der Waals surface area contributed by atoms with E-state index in [0.29, 0.717) is 0 Å². The normalized spacial score (nSPS) is 15.3.